The molecule has 1 saturated heterocycles. The summed E-state index contributed by atoms with van der Waals surface area (Å²) in [7, 11) is 0. The lowest BCUT2D eigenvalue weighted by Gasteiger charge is -2.22. The second-order valence-electron chi connectivity index (χ2n) is 4.17. The fourth-order valence-electron chi connectivity index (χ4n) is 1.82. The Labute approximate surface area is 110 Å². The number of nitrogen functional groups attached to an aromatic ring is 1. The molecule has 1 aromatic heterocycles. The second-order valence-corrected chi connectivity index (χ2v) is 4.17. The highest BCUT2D eigenvalue weighted by Gasteiger charge is 2.26. The molecule has 1 aromatic rings. The van der Waals surface area contributed by atoms with Crippen molar-refractivity contribution in [3.63, 3.8) is 0 Å². The van der Waals surface area contributed by atoms with Gasteiger partial charge in [0.1, 0.15) is 17.7 Å². The van der Waals surface area contributed by atoms with Crippen LogP contribution in [0.5, 0.6) is 0 Å². The van der Waals surface area contributed by atoms with E-state index in [1.54, 1.807) is 6.07 Å². The number of nitrogens with one attached hydrogen (secondary N) is 3. The van der Waals surface area contributed by atoms with Gasteiger partial charge in [0.15, 0.2) is 0 Å². The molecule has 1 aliphatic heterocycles. The zero-order valence-corrected chi connectivity index (χ0v) is 10.6. The number of anilines is 3. The smallest absolute Gasteiger partial charge is 0.249 e. The number of hydrogen-bond donors (Lipinski definition) is 4. The Kier molecular flexibility index (Phi) is 3.79. The number of nitrogens with zero attached hydrogens (tertiary/aromatic N) is 2. The predicted molar refractivity (Wildman–Crippen MR) is 70.4 cm³/mol. The molecular weight excluding hydrogens is 248 g/mol. The predicted octanol–water partition coefficient (Wildman–Crippen LogP) is -0.292. The van der Waals surface area contributed by atoms with Gasteiger partial charge in [0.2, 0.25) is 17.8 Å². The first-order chi connectivity index (χ1) is 9.08. The van der Waals surface area contributed by atoms with E-state index in [0.29, 0.717) is 31.0 Å². The molecule has 8 nitrogen and oxygen atoms in total. The van der Waals surface area contributed by atoms with Crippen LogP contribution in [0.3, 0.4) is 0 Å². The van der Waals surface area contributed by atoms with Crippen molar-refractivity contribution in [1.29, 1.82) is 0 Å². The van der Waals surface area contributed by atoms with Crippen LogP contribution in [0.25, 0.3) is 0 Å². The van der Waals surface area contributed by atoms with Gasteiger partial charge in [-0.1, -0.05) is 0 Å². The zero-order valence-electron chi connectivity index (χ0n) is 10.6. The monoisotopic (exact) mass is 264 g/mol. The molecule has 0 aromatic carbocycles. The Morgan fingerprint density at radius 1 is 1.42 bits per heavy atom. The summed E-state index contributed by atoms with van der Waals surface area (Å²) in [6.07, 6.45) is 0.745. The summed E-state index contributed by atoms with van der Waals surface area (Å²) < 4.78 is 0. The summed E-state index contributed by atoms with van der Waals surface area (Å²) in [4.78, 5) is 30.7. The maximum absolute atomic E-state index is 11.6. The maximum atomic E-state index is 11.6. The molecule has 1 aliphatic rings. The molecule has 1 fully saturated rings. The van der Waals surface area contributed by atoms with Crippen LogP contribution in [0, 0.1) is 0 Å². The quantitative estimate of drug-likeness (QED) is 0.551. The van der Waals surface area contributed by atoms with Crippen molar-refractivity contribution in [2.45, 2.75) is 25.8 Å². The van der Waals surface area contributed by atoms with E-state index in [-0.39, 0.29) is 17.8 Å². The number of piperidine rings is 1. The average molecular weight is 264 g/mol. The summed E-state index contributed by atoms with van der Waals surface area (Å²) in [5.74, 6) is 0.563. The van der Waals surface area contributed by atoms with Crippen molar-refractivity contribution in [3.05, 3.63) is 6.07 Å². The van der Waals surface area contributed by atoms with Gasteiger partial charge in [-0.25, -0.2) is 0 Å². The molecule has 2 amide bonds. The third kappa shape index (κ3) is 3.30. The van der Waals surface area contributed by atoms with Crippen molar-refractivity contribution < 1.29 is 9.59 Å². The lowest BCUT2D eigenvalue weighted by atomic mass is 10.1. The van der Waals surface area contributed by atoms with Gasteiger partial charge in [-0.3, -0.25) is 14.9 Å². The van der Waals surface area contributed by atoms with Crippen LogP contribution in [-0.4, -0.2) is 34.4 Å². The third-order valence-electron chi connectivity index (χ3n) is 2.66. The molecular formula is C11H16N6O2. The highest BCUT2D eigenvalue weighted by molar-refractivity contribution is 6.01. The molecule has 0 saturated carbocycles. The van der Waals surface area contributed by atoms with E-state index < -0.39 is 6.04 Å². The van der Waals surface area contributed by atoms with Crippen LogP contribution in [-0.2, 0) is 9.59 Å². The first-order valence-corrected chi connectivity index (χ1v) is 6.07. The summed E-state index contributed by atoms with van der Waals surface area (Å²) in [6, 6.07) is 1.19. The molecule has 102 valence electrons. The Morgan fingerprint density at radius 2 is 2.16 bits per heavy atom. The molecule has 2 heterocycles. The van der Waals surface area contributed by atoms with Crippen LogP contribution in [0.2, 0.25) is 0 Å². The third-order valence-corrected chi connectivity index (χ3v) is 2.66. The molecule has 1 unspecified atom stereocenters. The fourth-order valence-corrected chi connectivity index (χ4v) is 1.82. The number of aromatic nitrogens is 2. The number of nitrogens with two attached hydrogens (primary N) is 1. The van der Waals surface area contributed by atoms with Crippen molar-refractivity contribution in [2.75, 3.05) is 22.9 Å². The van der Waals surface area contributed by atoms with Crippen LogP contribution in [0.15, 0.2) is 6.07 Å². The molecule has 0 radical (unpaired) electrons. The Hall–Kier alpha value is -2.38. The average Bonchev–Trinajstić information content (AvgIpc) is 2.32. The SMILES string of the molecule is CCNc1cc(NC2CCC(=O)NC2=O)nc(N)n1. The van der Waals surface area contributed by atoms with E-state index >= 15 is 0 Å². The van der Waals surface area contributed by atoms with Crippen molar-refractivity contribution >= 4 is 29.4 Å². The molecule has 1 atom stereocenters. The normalized spacial score (nSPS) is 18.9. The summed E-state index contributed by atoms with van der Waals surface area (Å²) >= 11 is 0. The van der Waals surface area contributed by atoms with Crippen molar-refractivity contribution in [1.82, 2.24) is 15.3 Å². The zero-order chi connectivity index (χ0) is 13.8. The lowest BCUT2D eigenvalue weighted by molar-refractivity contribution is -0.133. The van der Waals surface area contributed by atoms with Gasteiger partial charge in [0.25, 0.3) is 0 Å². The molecule has 0 spiro atoms. The maximum Gasteiger partial charge on any atom is 0.249 e. The minimum atomic E-state index is -0.485. The standard InChI is InChI=1S/C11H16N6O2/c1-2-13-7-5-8(16-11(12)15-7)14-6-3-4-9(18)17-10(6)19/h5-6H,2-4H2,1H3,(H,17,18,19)(H4,12,13,14,15,16). The van der Waals surface area contributed by atoms with Gasteiger partial charge in [0, 0.05) is 19.0 Å². The van der Waals surface area contributed by atoms with E-state index in [9.17, 15) is 9.59 Å². The Bertz CT molecular complexity index is 504. The summed E-state index contributed by atoms with van der Waals surface area (Å²) in [5, 5.41) is 8.25. The number of carbonyl (C=O) groups excluding carboxylic acids is 2. The minimum absolute atomic E-state index is 0.119. The van der Waals surface area contributed by atoms with E-state index in [4.69, 9.17) is 5.73 Å². The van der Waals surface area contributed by atoms with Crippen LogP contribution >= 0.6 is 0 Å². The second kappa shape index (κ2) is 5.51. The molecule has 5 N–H and O–H groups in total. The van der Waals surface area contributed by atoms with Gasteiger partial charge in [-0.15, -0.1) is 0 Å². The van der Waals surface area contributed by atoms with Crippen LogP contribution in [0.4, 0.5) is 17.6 Å². The number of carbonyl (C=O) groups is 2. The highest BCUT2D eigenvalue weighted by Crippen LogP contribution is 2.16. The fraction of sp³-hybridized carbons (Fsp3) is 0.455. The van der Waals surface area contributed by atoms with Gasteiger partial charge >= 0.3 is 0 Å². The molecule has 0 aliphatic carbocycles. The Morgan fingerprint density at radius 3 is 2.84 bits per heavy atom. The summed E-state index contributed by atoms with van der Waals surface area (Å²) in [5.41, 5.74) is 5.59. The lowest BCUT2D eigenvalue weighted by Crippen LogP contribution is -2.47. The first-order valence-electron chi connectivity index (χ1n) is 6.07. The molecule has 2 rings (SSSR count). The number of hydrogen-bond acceptors (Lipinski definition) is 7. The van der Waals surface area contributed by atoms with Gasteiger partial charge in [-0.05, 0) is 13.3 Å². The number of rotatable bonds is 4. The van der Waals surface area contributed by atoms with Crippen LogP contribution < -0.4 is 21.7 Å². The van der Waals surface area contributed by atoms with Gasteiger partial charge < -0.3 is 16.4 Å². The largest absolute Gasteiger partial charge is 0.370 e. The molecule has 8 heteroatoms. The highest BCUT2D eigenvalue weighted by atomic mass is 16.2. The van der Waals surface area contributed by atoms with E-state index in [1.165, 1.54) is 0 Å². The number of amides is 2. The van der Waals surface area contributed by atoms with Gasteiger partial charge in [0.05, 0.1) is 0 Å². The van der Waals surface area contributed by atoms with E-state index in [2.05, 4.69) is 25.9 Å². The topological polar surface area (TPSA) is 122 Å². The van der Waals surface area contributed by atoms with E-state index in [1.807, 2.05) is 6.92 Å². The van der Waals surface area contributed by atoms with Crippen molar-refractivity contribution in [2.24, 2.45) is 0 Å². The first kappa shape index (κ1) is 13.1. The molecule has 19 heavy (non-hydrogen) atoms. The van der Waals surface area contributed by atoms with Crippen LogP contribution in [0.1, 0.15) is 19.8 Å². The summed E-state index contributed by atoms with van der Waals surface area (Å²) in [6.45, 7) is 2.64. The Balaban J connectivity index is 2.10. The van der Waals surface area contributed by atoms with E-state index in [0.717, 1.165) is 0 Å². The number of imide groups is 1. The minimum Gasteiger partial charge on any atom is -0.370 e. The van der Waals surface area contributed by atoms with Crippen molar-refractivity contribution in [3.8, 4) is 0 Å². The van der Waals surface area contributed by atoms with Gasteiger partial charge in [-0.2, -0.15) is 9.97 Å². The molecule has 0 bridgehead atoms.